The van der Waals surface area contributed by atoms with Gasteiger partial charge in [0, 0.05) is 37.6 Å². The molecule has 0 aliphatic carbocycles. The summed E-state index contributed by atoms with van der Waals surface area (Å²) >= 11 is 6.31. The number of pyridine rings is 1. The quantitative estimate of drug-likeness (QED) is 0.428. The van der Waals surface area contributed by atoms with Crippen LogP contribution in [0.2, 0.25) is 5.02 Å². The van der Waals surface area contributed by atoms with Gasteiger partial charge in [-0.3, -0.25) is 0 Å². The smallest absolute Gasteiger partial charge is 0.326 e. The highest BCUT2D eigenvalue weighted by Crippen LogP contribution is 2.40. The summed E-state index contributed by atoms with van der Waals surface area (Å²) in [7, 11) is 0. The molecule has 0 aromatic carbocycles. The van der Waals surface area contributed by atoms with Crippen molar-refractivity contribution in [2.24, 2.45) is 0 Å². The zero-order valence-corrected chi connectivity index (χ0v) is 22.1. The number of ether oxygens (including phenoxy) is 3. The van der Waals surface area contributed by atoms with Crippen LogP contribution in [0.3, 0.4) is 0 Å². The van der Waals surface area contributed by atoms with Crippen LogP contribution >= 0.6 is 11.6 Å². The lowest BCUT2D eigenvalue weighted by Crippen LogP contribution is -2.68. The van der Waals surface area contributed by atoms with E-state index in [1.807, 2.05) is 6.92 Å². The number of H-pyrrole nitrogens is 1. The Morgan fingerprint density at radius 3 is 2.77 bits per heavy atom. The van der Waals surface area contributed by atoms with E-state index in [1.54, 1.807) is 6.07 Å². The van der Waals surface area contributed by atoms with E-state index in [0.717, 1.165) is 0 Å². The number of aromatic amines is 1. The van der Waals surface area contributed by atoms with Gasteiger partial charge in [-0.1, -0.05) is 11.6 Å². The first-order valence-electron chi connectivity index (χ1n) is 12.7. The summed E-state index contributed by atoms with van der Waals surface area (Å²) < 4.78 is 45.1. The van der Waals surface area contributed by atoms with E-state index in [-0.39, 0.29) is 42.2 Å². The van der Waals surface area contributed by atoms with Crippen LogP contribution < -0.4 is 14.5 Å². The molecule has 3 atom stereocenters. The standard InChI is InChI=1S/C25H26ClF2N7O5/c1-13-25(11-38-12-25)39-5-4-34(13)17-6-14(26)9-31-23(17)40-15-7-18(24(36)37)35(10-15)19-8-16(21-29-2-3-30-21)32-22(33-19)20(27)28/h2-3,6,8-9,13,15,18,20H,4-5,7,10-12H2,1H3,(H,29,30)(H,36,37)/t13-,15-,18-/m0/s1. The van der Waals surface area contributed by atoms with Gasteiger partial charge in [-0.05, 0) is 13.0 Å². The molecule has 6 rings (SSSR count). The monoisotopic (exact) mass is 577 g/mol. The molecular formula is C25H26ClF2N7O5. The fourth-order valence-corrected chi connectivity index (χ4v) is 5.52. The molecule has 3 saturated heterocycles. The van der Waals surface area contributed by atoms with Gasteiger partial charge in [0.25, 0.3) is 6.43 Å². The molecule has 3 aromatic heterocycles. The maximum atomic E-state index is 13.7. The van der Waals surface area contributed by atoms with Crippen LogP contribution in [0.15, 0.2) is 30.7 Å². The molecular weight excluding hydrogens is 552 g/mol. The van der Waals surface area contributed by atoms with Crippen LogP contribution in [0.25, 0.3) is 11.5 Å². The predicted molar refractivity (Wildman–Crippen MR) is 138 cm³/mol. The molecule has 12 nitrogen and oxygen atoms in total. The Balaban J connectivity index is 1.29. The Morgan fingerprint density at radius 1 is 1.27 bits per heavy atom. The van der Waals surface area contributed by atoms with Crippen molar-refractivity contribution in [2.75, 3.05) is 42.7 Å². The van der Waals surface area contributed by atoms with Crippen LogP contribution in [-0.2, 0) is 14.3 Å². The van der Waals surface area contributed by atoms with Crippen molar-refractivity contribution in [3.63, 3.8) is 0 Å². The Hall–Kier alpha value is -3.62. The van der Waals surface area contributed by atoms with Crippen molar-refractivity contribution in [3.05, 3.63) is 41.6 Å². The van der Waals surface area contributed by atoms with Gasteiger partial charge >= 0.3 is 5.97 Å². The first kappa shape index (κ1) is 26.6. The van der Waals surface area contributed by atoms with E-state index in [1.165, 1.54) is 29.6 Å². The third-order valence-corrected chi connectivity index (χ3v) is 7.74. The zero-order chi connectivity index (χ0) is 28.0. The number of nitrogens with one attached hydrogen (secondary N) is 1. The van der Waals surface area contributed by atoms with Gasteiger partial charge in [0.05, 0.1) is 37.4 Å². The third-order valence-electron chi connectivity index (χ3n) is 7.54. The minimum absolute atomic E-state index is 0.0354. The molecule has 1 spiro atoms. The maximum absolute atomic E-state index is 13.7. The van der Waals surface area contributed by atoms with E-state index >= 15 is 0 Å². The average Bonchev–Trinajstić information content (AvgIpc) is 3.60. The van der Waals surface area contributed by atoms with E-state index in [0.29, 0.717) is 37.1 Å². The molecule has 0 radical (unpaired) electrons. The van der Waals surface area contributed by atoms with Crippen LogP contribution in [0.1, 0.15) is 25.6 Å². The number of carboxylic acid groups (broad SMARTS) is 1. The number of aliphatic carboxylic acids is 1. The second-order valence-corrected chi connectivity index (χ2v) is 10.4. The molecule has 6 heterocycles. The summed E-state index contributed by atoms with van der Waals surface area (Å²) in [6.07, 6.45) is 0.925. The number of morpholine rings is 1. The SMILES string of the molecule is C[C@@H]1N(c2cc(Cl)cnc2O[C@H]2C[C@@H](C(=O)O)N(c3cc(-c4ncc[nH]4)nc(C(F)F)n3)C2)CCOC12COC2. The zero-order valence-electron chi connectivity index (χ0n) is 21.3. The molecule has 0 saturated carbocycles. The van der Waals surface area contributed by atoms with Crippen LogP contribution in [-0.4, -0.2) is 92.7 Å². The van der Waals surface area contributed by atoms with Gasteiger partial charge in [-0.25, -0.2) is 33.5 Å². The van der Waals surface area contributed by atoms with Crippen molar-refractivity contribution in [1.29, 1.82) is 0 Å². The average molecular weight is 578 g/mol. The summed E-state index contributed by atoms with van der Waals surface area (Å²) in [5.41, 5.74) is 0.343. The van der Waals surface area contributed by atoms with Gasteiger partial charge in [-0.2, -0.15) is 0 Å². The van der Waals surface area contributed by atoms with Gasteiger partial charge in [-0.15, -0.1) is 0 Å². The van der Waals surface area contributed by atoms with Crippen LogP contribution in [0.5, 0.6) is 5.88 Å². The van der Waals surface area contributed by atoms with Crippen molar-refractivity contribution in [1.82, 2.24) is 24.9 Å². The van der Waals surface area contributed by atoms with Crippen LogP contribution in [0.4, 0.5) is 20.3 Å². The first-order valence-corrected chi connectivity index (χ1v) is 13.1. The molecule has 2 N–H and O–H groups in total. The lowest BCUT2D eigenvalue weighted by Gasteiger charge is -2.53. The van der Waals surface area contributed by atoms with Crippen molar-refractivity contribution >= 4 is 29.1 Å². The van der Waals surface area contributed by atoms with Gasteiger partial charge < -0.3 is 34.1 Å². The maximum Gasteiger partial charge on any atom is 0.326 e. The molecule has 3 fully saturated rings. The summed E-state index contributed by atoms with van der Waals surface area (Å²) in [6, 6.07) is 2.06. The first-order chi connectivity index (χ1) is 19.2. The Kier molecular flexibility index (Phi) is 6.92. The number of rotatable bonds is 7. The number of carboxylic acids is 1. The number of anilines is 2. The van der Waals surface area contributed by atoms with Gasteiger partial charge in [0.15, 0.2) is 11.6 Å². The molecule has 15 heteroatoms. The predicted octanol–water partition coefficient (Wildman–Crippen LogP) is 2.96. The molecule has 0 amide bonds. The Morgan fingerprint density at radius 2 is 2.10 bits per heavy atom. The van der Waals surface area contributed by atoms with E-state index in [9.17, 15) is 18.7 Å². The van der Waals surface area contributed by atoms with Gasteiger partial charge in [0.1, 0.15) is 34.9 Å². The number of nitrogens with zero attached hydrogens (tertiary/aromatic N) is 6. The highest BCUT2D eigenvalue weighted by molar-refractivity contribution is 6.30. The Bertz CT molecular complexity index is 1390. The minimum Gasteiger partial charge on any atom is -0.480 e. The van der Waals surface area contributed by atoms with Crippen LogP contribution in [0, 0.1) is 0 Å². The number of imidazole rings is 1. The minimum atomic E-state index is -2.97. The summed E-state index contributed by atoms with van der Waals surface area (Å²) in [5, 5.41) is 10.4. The van der Waals surface area contributed by atoms with E-state index in [2.05, 4.69) is 29.8 Å². The van der Waals surface area contributed by atoms with Gasteiger partial charge in [0.2, 0.25) is 5.88 Å². The molecule has 0 unspecified atom stereocenters. The summed E-state index contributed by atoms with van der Waals surface area (Å²) in [4.78, 5) is 35.0. The summed E-state index contributed by atoms with van der Waals surface area (Å²) in [6.45, 7) is 4.11. The summed E-state index contributed by atoms with van der Waals surface area (Å²) in [5.74, 6) is -1.28. The highest BCUT2D eigenvalue weighted by atomic mass is 35.5. The number of halogens is 3. The molecule has 3 aromatic rings. The molecule has 3 aliphatic heterocycles. The topological polar surface area (TPSA) is 139 Å². The highest BCUT2D eigenvalue weighted by Gasteiger charge is 2.50. The molecule has 212 valence electrons. The second-order valence-electron chi connectivity index (χ2n) is 9.94. The molecule has 40 heavy (non-hydrogen) atoms. The fraction of sp³-hybridized carbons (Fsp3) is 0.480. The lowest BCUT2D eigenvalue weighted by molar-refractivity contribution is -0.228. The normalized spacial score (nSPS) is 24.0. The number of carbonyl (C=O) groups is 1. The van der Waals surface area contributed by atoms with Crippen molar-refractivity contribution in [3.8, 4) is 17.4 Å². The Labute approximate surface area is 232 Å². The van der Waals surface area contributed by atoms with Crippen molar-refractivity contribution < 1.29 is 32.9 Å². The number of hydrogen-bond acceptors (Lipinski definition) is 10. The number of hydrogen-bond donors (Lipinski definition) is 2. The number of aromatic nitrogens is 5. The van der Waals surface area contributed by atoms with Crippen molar-refractivity contribution in [2.45, 2.75) is 43.6 Å². The number of alkyl halides is 2. The van der Waals surface area contributed by atoms with E-state index in [4.69, 9.17) is 25.8 Å². The van der Waals surface area contributed by atoms with E-state index < -0.39 is 36.0 Å². The molecule has 3 aliphatic rings. The largest absolute Gasteiger partial charge is 0.480 e. The second kappa shape index (κ2) is 10.4. The lowest BCUT2D eigenvalue weighted by atomic mass is 9.90. The molecule has 0 bridgehead atoms. The fourth-order valence-electron chi connectivity index (χ4n) is 5.37. The third kappa shape index (κ3) is 4.80.